The molecule has 0 bridgehead atoms. The molecular weight excluding hydrogens is 127 g/mol. The van der Waals surface area contributed by atoms with Gasteiger partial charge in [-0.2, -0.15) is 0 Å². The molecule has 0 unspecified atom stereocenters. The fourth-order valence-corrected chi connectivity index (χ4v) is 0.529. The molecule has 1 nitrogen and oxygen atoms in total. The topological polar surface area (TPSA) is 23.1 Å². The van der Waals surface area contributed by atoms with Crippen molar-refractivity contribution in [3.05, 3.63) is 0 Å². The van der Waals surface area contributed by atoms with Crippen molar-refractivity contribution in [2.45, 2.75) is 32.6 Å². The van der Waals surface area contributed by atoms with Crippen LogP contribution in [0.25, 0.3) is 0 Å². The van der Waals surface area contributed by atoms with Crippen LogP contribution in [0.15, 0.2) is 0 Å². The molecule has 0 aromatic carbocycles. The third-order valence-corrected chi connectivity index (χ3v) is 0.998. The molecule has 0 radical (unpaired) electrons. The van der Waals surface area contributed by atoms with Crippen molar-refractivity contribution >= 4 is 0 Å². The molecule has 0 heterocycles. The van der Waals surface area contributed by atoms with E-state index < -0.39 is 0 Å². The molecule has 0 atom stereocenters. The largest absolute Gasteiger partial charge is 1.00 e. The number of rotatable bonds is 4. The summed E-state index contributed by atoms with van der Waals surface area (Å²) in [6.45, 7) is 2.25. The molecule has 0 aliphatic carbocycles. The predicted octanol–water partition coefficient (Wildman–Crippen LogP) is -2.07. The Morgan fingerprint density at radius 3 is 2.12 bits per heavy atom. The molecule has 0 amide bonds. The zero-order valence-corrected chi connectivity index (χ0v) is 9.07. The van der Waals surface area contributed by atoms with Gasteiger partial charge in [0.05, 0.1) is 0 Å². The molecule has 0 N–H and O–H groups in total. The summed E-state index contributed by atoms with van der Waals surface area (Å²) in [6.07, 6.45) is 4.44. The molecule has 0 spiro atoms. The molecule has 8 heavy (non-hydrogen) atoms. The average molecular weight is 140 g/mol. The maximum Gasteiger partial charge on any atom is 1.00 e. The van der Waals surface area contributed by atoms with Gasteiger partial charge in [0.25, 0.3) is 0 Å². The van der Waals surface area contributed by atoms with E-state index in [1.54, 1.807) is 0 Å². The fraction of sp³-hybridized carbons (Fsp3) is 1.00. The normalized spacial score (nSPS) is 8.25. The van der Waals surface area contributed by atoms with Crippen molar-refractivity contribution in [1.82, 2.24) is 0 Å². The first-order chi connectivity index (χ1) is 3.41. The number of hydrogen-bond donors (Lipinski definition) is 0. The first-order valence-corrected chi connectivity index (χ1v) is 3.00. The Morgan fingerprint density at radius 2 is 1.75 bits per heavy atom. The first-order valence-electron chi connectivity index (χ1n) is 3.00. The molecule has 0 saturated heterocycles. The van der Waals surface area contributed by atoms with Crippen molar-refractivity contribution in [2.24, 2.45) is 0 Å². The van der Waals surface area contributed by atoms with Gasteiger partial charge in [-0.15, -0.1) is 6.61 Å². The zero-order chi connectivity index (χ0) is 5.54. The van der Waals surface area contributed by atoms with Gasteiger partial charge in [-0.3, -0.25) is 0 Å². The summed E-state index contributed by atoms with van der Waals surface area (Å²) in [7, 11) is 0. The van der Waals surface area contributed by atoms with Crippen LogP contribution in [-0.2, 0) is 0 Å². The van der Waals surface area contributed by atoms with Crippen molar-refractivity contribution in [3.63, 3.8) is 0 Å². The van der Waals surface area contributed by atoms with E-state index in [1.807, 2.05) is 0 Å². The van der Waals surface area contributed by atoms with E-state index in [4.69, 9.17) is 0 Å². The number of unbranched alkanes of at least 4 members (excludes halogenated alkanes) is 3. The smallest absolute Gasteiger partial charge is 0.854 e. The summed E-state index contributed by atoms with van der Waals surface area (Å²) in [5.41, 5.74) is 0. The van der Waals surface area contributed by atoms with E-state index in [1.165, 1.54) is 12.8 Å². The van der Waals surface area contributed by atoms with E-state index in [0.29, 0.717) is 0 Å². The van der Waals surface area contributed by atoms with Gasteiger partial charge in [0, 0.05) is 0 Å². The van der Waals surface area contributed by atoms with Crippen LogP contribution >= 0.6 is 0 Å². The average Bonchev–Trinajstić information content (AvgIpc) is 1.69. The third kappa shape index (κ3) is 10.6. The summed E-state index contributed by atoms with van der Waals surface area (Å²) in [5, 5.41) is 9.80. The Morgan fingerprint density at radius 1 is 1.12 bits per heavy atom. The van der Waals surface area contributed by atoms with E-state index in [2.05, 4.69) is 6.92 Å². The van der Waals surface area contributed by atoms with Gasteiger partial charge >= 0.3 is 51.4 Å². The van der Waals surface area contributed by atoms with Gasteiger partial charge in [-0.05, 0) is 0 Å². The quantitative estimate of drug-likeness (QED) is 0.325. The fourth-order valence-electron chi connectivity index (χ4n) is 0.529. The monoisotopic (exact) mass is 140 g/mol. The molecular formula is C6H13KO. The van der Waals surface area contributed by atoms with Crippen LogP contribution in [0.1, 0.15) is 32.6 Å². The van der Waals surface area contributed by atoms with E-state index in [0.717, 1.165) is 12.8 Å². The predicted molar refractivity (Wildman–Crippen MR) is 29.0 cm³/mol. The Labute approximate surface area is 94.3 Å². The van der Waals surface area contributed by atoms with Crippen molar-refractivity contribution in [2.75, 3.05) is 6.61 Å². The van der Waals surface area contributed by atoms with Gasteiger partial charge in [0.2, 0.25) is 0 Å². The molecule has 2 heteroatoms. The molecule has 0 aliphatic heterocycles. The van der Waals surface area contributed by atoms with Gasteiger partial charge < -0.3 is 5.11 Å². The number of hydrogen-bond acceptors (Lipinski definition) is 1. The maximum atomic E-state index is 9.80. The summed E-state index contributed by atoms with van der Waals surface area (Å²) in [4.78, 5) is 0. The minimum absolute atomic E-state index is 0. The molecule has 0 aromatic heterocycles. The summed E-state index contributed by atoms with van der Waals surface area (Å²) >= 11 is 0. The van der Waals surface area contributed by atoms with Gasteiger partial charge in [0.1, 0.15) is 0 Å². The van der Waals surface area contributed by atoms with Crippen LogP contribution in [0, 0.1) is 0 Å². The van der Waals surface area contributed by atoms with Crippen LogP contribution in [0.4, 0.5) is 0 Å². The second-order valence-corrected chi connectivity index (χ2v) is 1.76. The molecule has 0 aliphatic rings. The maximum absolute atomic E-state index is 9.80. The summed E-state index contributed by atoms with van der Waals surface area (Å²) < 4.78 is 0. The van der Waals surface area contributed by atoms with Crippen molar-refractivity contribution in [3.8, 4) is 0 Å². The van der Waals surface area contributed by atoms with Crippen LogP contribution in [0.5, 0.6) is 0 Å². The van der Waals surface area contributed by atoms with Crippen molar-refractivity contribution < 1.29 is 56.5 Å². The van der Waals surface area contributed by atoms with E-state index in [-0.39, 0.29) is 58.0 Å². The molecule has 0 rings (SSSR count). The van der Waals surface area contributed by atoms with Crippen molar-refractivity contribution in [1.29, 1.82) is 0 Å². The molecule has 0 saturated carbocycles. The standard InChI is InChI=1S/C6H13O.K/c1-2-3-4-5-6-7;/h2-6H2,1H3;/q-1;+1. The second kappa shape index (κ2) is 11.4. The van der Waals surface area contributed by atoms with Crippen LogP contribution in [0.3, 0.4) is 0 Å². The Balaban J connectivity index is 0. The van der Waals surface area contributed by atoms with Crippen LogP contribution in [-0.4, -0.2) is 6.61 Å². The van der Waals surface area contributed by atoms with Gasteiger partial charge in [-0.25, -0.2) is 0 Å². The third-order valence-electron chi connectivity index (χ3n) is 0.998. The second-order valence-electron chi connectivity index (χ2n) is 1.76. The Bertz CT molecular complexity index is 27.7. The minimum Gasteiger partial charge on any atom is -0.854 e. The van der Waals surface area contributed by atoms with Crippen LogP contribution in [0.2, 0.25) is 0 Å². The van der Waals surface area contributed by atoms with E-state index in [9.17, 15) is 5.11 Å². The van der Waals surface area contributed by atoms with E-state index >= 15 is 0 Å². The Kier molecular flexibility index (Phi) is 17.5. The zero-order valence-electron chi connectivity index (χ0n) is 5.94. The summed E-state index contributed by atoms with van der Waals surface area (Å²) in [5.74, 6) is 0. The SMILES string of the molecule is CCCCCC[O-].[K+]. The molecule has 44 valence electrons. The first kappa shape index (κ1) is 12.3. The van der Waals surface area contributed by atoms with Gasteiger partial charge in [0.15, 0.2) is 0 Å². The summed E-state index contributed by atoms with van der Waals surface area (Å²) in [6, 6.07) is 0. The molecule has 0 fully saturated rings. The van der Waals surface area contributed by atoms with Crippen LogP contribution < -0.4 is 56.5 Å². The molecule has 0 aromatic rings. The van der Waals surface area contributed by atoms with Gasteiger partial charge in [-0.1, -0.05) is 32.6 Å². The Hall–Kier alpha value is 1.60. The minimum atomic E-state index is 0.